The number of carbonyl (C=O) groups excluding carboxylic acids is 1. The van der Waals surface area contributed by atoms with Crippen LogP contribution < -0.4 is 10.1 Å². The summed E-state index contributed by atoms with van der Waals surface area (Å²) in [7, 11) is 0. The number of aromatic nitrogens is 1. The molecule has 0 atom stereocenters. The number of carbonyl (C=O) groups is 1. The molecule has 0 spiro atoms. The van der Waals surface area contributed by atoms with Gasteiger partial charge in [0.15, 0.2) is 5.13 Å². The Morgan fingerprint density at radius 2 is 1.95 bits per heavy atom. The van der Waals surface area contributed by atoms with Gasteiger partial charge in [-0.05, 0) is 31.2 Å². The van der Waals surface area contributed by atoms with E-state index in [2.05, 4.69) is 10.3 Å². The lowest BCUT2D eigenvalue weighted by atomic mass is 10.2. The molecule has 1 aromatic heterocycles. The van der Waals surface area contributed by atoms with Crippen molar-refractivity contribution in [2.75, 3.05) is 11.9 Å². The normalized spacial score (nSPS) is 10.5. The Morgan fingerprint density at radius 1 is 1.19 bits per heavy atom. The number of rotatable bonds is 4. The number of nitrogens with zero attached hydrogens (tertiary/aromatic N) is 1. The second kappa shape index (κ2) is 5.93. The second-order valence-corrected chi connectivity index (χ2v) is 5.40. The first-order valence-electron chi connectivity index (χ1n) is 6.66. The highest BCUT2D eigenvalue weighted by Gasteiger charge is 2.14. The summed E-state index contributed by atoms with van der Waals surface area (Å²) in [6.45, 7) is 2.41. The van der Waals surface area contributed by atoms with E-state index in [0.29, 0.717) is 23.1 Å². The SMILES string of the molecule is CCOc1ccccc1C(=O)Nc1nc2ccccc2s1. The van der Waals surface area contributed by atoms with Crippen LogP contribution in [-0.2, 0) is 0 Å². The molecule has 0 saturated heterocycles. The fourth-order valence-corrected chi connectivity index (χ4v) is 2.89. The maximum Gasteiger partial charge on any atom is 0.261 e. The highest BCUT2D eigenvalue weighted by molar-refractivity contribution is 7.22. The molecule has 3 aromatic rings. The van der Waals surface area contributed by atoms with Crippen LogP contribution in [0.3, 0.4) is 0 Å². The summed E-state index contributed by atoms with van der Waals surface area (Å²) in [5.74, 6) is 0.372. The molecule has 3 rings (SSSR count). The predicted molar refractivity (Wildman–Crippen MR) is 85.2 cm³/mol. The molecule has 5 heteroatoms. The van der Waals surface area contributed by atoms with Crippen molar-refractivity contribution in [1.29, 1.82) is 0 Å². The van der Waals surface area contributed by atoms with Crippen molar-refractivity contribution < 1.29 is 9.53 Å². The minimum Gasteiger partial charge on any atom is -0.493 e. The number of amides is 1. The van der Waals surface area contributed by atoms with Crippen molar-refractivity contribution in [2.24, 2.45) is 0 Å². The van der Waals surface area contributed by atoms with Crippen molar-refractivity contribution >= 4 is 32.6 Å². The summed E-state index contributed by atoms with van der Waals surface area (Å²) >= 11 is 1.46. The number of hydrogen-bond acceptors (Lipinski definition) is 4. The number of benzene rings is 2. The first-order valence-corrected chi connectivity index (χ1v) is 7.48. The number of para-hydroxylation sites is 2. The molecule has 21 heavy (non-hydrogen) atoms. The summed E-state index contributed by atoms with van der Waals surface area (Å²) in [6.07, 6.45) is 0. The Balaban J connectivity index is 1.86. The van der Waals surface area contributed by atoms with E-state index in [1.54, 1.807) is 12.1 Å². The summed E-state index contributed by atoms with van der Waals surface area (Å²) in [5.41, 5.74) is 1.40. The predicted octanol–water partition coefficient (Wildman–Crippen LogP) is 3.95. The van der Waals surface area contributed by atoms with E-state index < -0.39 is 0 Å². The first-order chi connectivity index (χ1) is 10.3. The third kappa shape index (κ3) is 2.87. The van der Waals surface area contributed by atoms with Crippen molar-refractivity contribution in [3.8, 4) is 5.75 Å². The Hall–Kier alpha value is -2.40. The van der Waals surface area contributed by atoms with Crippen LogP contribution in [-0.4, -0.2) is 17.5 Å². The molecule has 0 bridgehead atoms. The molecule has 0 aliphatic carbocycles. The molecule has 1 N–H and O–H groups in total. The van der Waals surface area contributed by atoms with Gasteiger partial charge in [-0.15, -0.1) is 0 Å². The van der Waals surface area contributed by atoms with Gasteiger partial charge in [-0.25, -0.2) is 4.98 Å². The second-order valence-electron chi connectivity index (χ2n) is 4.37. The number of nitrogens with one attached hydrogen (secondary N) is 1. The van der Waals surface area contributed by atoms with Gasteiger partial charge in [0.05, 0.1) is 22.4 Å². The third-order valence-electron chi connectivity index (χ3n) is 2.95. The molecular weight excluding hydrogens is 284 g/mol. The lowest BCUT2D eigenvalue weighted by Gasteiger charge is -2.08. The summed E-state index contributed by atoms with van der Waals surface area (Å²) in [5, 5.41) is 3.43. The summed E-state index contributed by atoms with van der Waals surface area (Å²) in [4.78, 5) is 16.8. The van der Waals surface area contributed by atoms with Crippen LogP contribution in [0.1, 0.15) is 17.3 Å². The third-order valence-corrected chi connectivity index (χ3v) is 3.90. The molecule has 0 saturated carbocycles. The first kappa shape index (κ1) is 13.6. The average molecular weight is 298 g/mol. The number of fused-ring (bicyclic) bond motifs is 1. The van der Waals surface area contributed by atoms with Crippen LogP contribution >= 0.6 is 11.3 Å². The Morgan fingerprint density at radius 3 is 2.76 bits per heavy atom. The largest absolute Gasteiger partial charge is 0.493 e. The van der Waals surface area contributed by atoms with E-state index in [0.717, 1.165) is 10.2 Å². The summed E-state index contributed by atoms with van der Waals surface area (Å²) < 4.78 is 6.52. The van der Waals surface area contributed by atoms with E-state index in [1.807, 2.05) is 43.3 Å². The van der Waals surface area contributed by atoms with E-state index in [-0.39, 0.29) is 5.91 Å². The number of anilines is 1. The quantitative estimate of drug-likeness (QED) is 0.793. The fraction of sp³-hybridized carbons (Fsp3) is 0.125. The molecule has 0 aliphatic heterocycles. The van der Waals surface area contributed by atoms with Crippen molar-refractivity contribution in [2.45, 2.75) is 6.92 Å². The number of hydrogen-bond donors (Lipinski definition) is 1. The van der Waals surface area contributed by atoms with E-state index in [1.165, 1.54) is 11.3 Å². The Labute approximate surface area is 126 Å². The van der Waals surface area contributed by atoms with Gasteiger partial charge in [0.25, 0.3) is 5.91 Å². The number of ether oxygens (including phenoxy) is 1. The van der Waals surface area contributed by atoms with Crippen LogP contribution in [0.15, 0.2) is 48.5 Å². The van der Waals surface area contributed by atoms with Gasteiger partial charge in [-0.1, -0.05) is 35.6 Å². The van der Waals surface area contributed by atoms with E-state index >= 15 is 0 Å². The van der Waals surface area contributed by atoms with E-state index in [9.17, 15) is 4.79 Å². The van der Waals surface area contributed by atoms with Crippen LogP contribution in [0.2, 0.25) is 0 Å². The highest BCUT2D eigenvalue weighted by Crippen LogP contribution is 2.26. The van der Waals surface area contributed by atoms with Gasteiger partial charge < -0.3 is 4.74 Å². The lowest BCUT2D eigenvalue weighted by molar-refractivity contribution is 0.102. The van der Waals surface area contributed by atoms with Gasteiger partial charge in [0.1, 0.15) is 5.75 Å². The zero-order valence-corrected chi connectivity index (χ0v) is 12.3. The molecule has 0 fully saturated rings. The van der Waals surface area contributed by atoms with Gasteiger partial charge in [-0.2, -0.15) is 0 Å². The molecule has 2 aromatic carbocycles. The van der Waals surface area contributed by atoms with E-state index in [4.69, 9.17) is 4.74 Å². The molecule has 0 radical (unpaired) electrons. The zero-order chi connectivity index (χ0) is 14.7. The topological polar surface area (TPSA) is 51.2 Å². The van der Waals surface area contributed by atoms with Crippen molar-refractivity contribution in [3.63, 3.8) is 0 Å². The minimum atomic E-state index is -0.210. The molecule has 1 amide bonds. The smallest absolute Gasteiger partial charge is 0.261 e. The Bertz CT molecular complexity index is 750. The molecular formula is C16H14N2O2S. The van der Waals surface area contributed by atoms with Gasteiger partial charge in [0, 0.05) is 0 Å². The molecule has 4 nitrogen and oxygen atoms in total. The van der Waals surface area contributed by atoms with Crippen molar-refractivity contribution in [3.05, 3.63) is 54.1 Å². The maximum absolute atomic E-state index is 12.4. The Kier molecular flexibility index (Phi) is 3.83. The van der Waals surface area contributed by atoms with Crippen LogP contribution in [0, 0.1) is 0 Å². The summed E-state index contributed by atoms with van der Waals surface area (Å²) in [6, 6.07) is 15.0. The molecule has 106 valence electrons. The average Bonchev–Trinajstić information content (AvgIpc) is 2.90. The van der Waals surface area contributed by atoms with Crippen LogP contribution in [0.4, 0.5) is 5.13 Å². The van der Waals surface area contributed by atoms with Crippen LogP contribution in [0.25, 0.3) is 10.2 Å². The molecule has 0 unspecified atom stereocenters. The molecule has 1 heterocycles. The lowest BCUT2D eigenvalue weighted by Crippen LogP contribution is -2.13. The van der Waals surface area contributed by atoms with Gasteiger partial charge in [0.2, 0.25) is 0 Å². The number of thiazole rings is 1. The highest BCUT2D eigenvalue weighted by atomic mass is 32.1. The maximum atomic E-state index is 12.4. The zero-order valence-electron chi connectivity index (χ0n) is 11.5. The fourth-order valence-electron chi connectivity index (χ4n) is 2.03. The van der Waals surface area contributed by atoms with Gasteiger partial charge in [-0.3, -0.25) is 10.1 Å². The standard InChI is InChI=1S/C16H14N2O2S/c1-2-20-13-9-5-3-7-11(13)15(19)18-16-17-12-8-4-6-10-14(12)21-16/h3-10H,2H2,1H3,(H,17,18,19). The van der Waals surface area contributed by atoms with Gasteiger partial charge >= 0.3 is 0 Å². The van der Waals surface area contributed by atoms with Crippen molar-refractivity contribution in [1.82, 2.24) is 4.98 Å². The minimum absolute atomic E-state index is 0.210. The van der Waals surface area contributed by atoms with Crippen LogP contribution in [0.5, 0.6) is 5.75 Å². The molecule has 0 aliphatic rings. The monoisotopic (exact) mass is 298 g/mol.